The maximum atomic E-state index is 10.8. The second-order valence-electron chi connectivity index (χ2n) is 13.5. The molecule has 0 bridgehead atoms. The number of hydrogen-bond acceptors (Lipinski definition) is 9. The molecule has 0 saturated heterocycles. The van der Waals surface area contributed by atoms with Crippen molar-refractivity contribution in [1.29, 1.82) is 0 Å². The Morgan fingerprint density at radius 1 is 0.541 bits per heavy atom. The first-order valence-electron chi connectivity index (χ1n) is 19.6. The summed E-state index contributed by atoms with van der Waals surface area (Å²) in [4.78, 5) is 45.2. The minimum Gasteiger partial charge on any atom is -0.466 e. The highest BCUT2D eigenvalue weighted by Gasteiger charge is 2.01. The molecule has 9 nitrogen and oxygen atoms in total. The van der Waals surface area contributed by atoms with Gasteiger partial charge >= 0.3 is 17.9 Å². The number of ether oxygens (including phenoxy) is 3. The molecule has 0 unspecified atom stereocenters. The van der Waals surface area contributed by atoms with Gasteiger partial charge in [-0.05, 0) is 136 Å². The van der Waals surface area contributed by atoms with E-state index in [9.17, 15) is 14.4 Å². The number of hydrogen-bond donors (Lipinski definition) is 0. The number of aryl methyl sites for hydroxylation is 5. The lowest BCUT2D eigenvalue weighted by Crippen LogP contribution is -2.02. The van der Waals surface area contributed by atoms with Crippen LogP contribution in [0.2, 0.25) is 0 Å². The smallest absolute Gasteiger partial charge is 0.302 e. The summed E-state index contributed by atoms with van der Waals surface area (Å²) in [5.74, 6) is 14.5. The molecule has 314 valence electrons. The van der Waals surface area contributed by atoms with E-state index in [1.165, 1.54) is 26.3 Å². The average Bonchev–Trinajstić information content (AvgIpc) is 3.24. The van der Waals surface area contributed by atoms with Crippen LogP contribution in [0.15, 0.2) is 100 Å². The predicted molar refractivity (Wildman–Crippen MR) is 245 cm³/mol. The summed E-state index contributed by atoms with van der Waals surface area (Å²) >= 11 is 6.78. The third kappa shape index (κ3) is 21.2. The highest BCUT2D eigenvalue weighted by Crippen LogP contribution is 2.20. The lowest BCUT2D eigenvalue weighted by Gasteiger charge is -2.02. The molecule has 0 spiro atoms. The van der Waals surface area contributed by atoms with Gasteiger partial charge in [-0.15, -0.1) is 6.42 Å². The van der Waals surface area contributed by atoms with Crippen LogP contribution in [0, 0.1) is 49.9 Å². The van der Waals surface area contributed by atoms with Gasteiger partial charge in [-0.2, -0.15) is 0 Å². The Morgan fingerprint density at radius 2 is 0.967 bits per heavy atom. The number of benzene rings is 2. The first-order chi connectivity index (χ1) is 29.3. The predicted octanol–water partition coefficient (Wildman–Crippen LogP) is 9.65. The molecule has 5 rings (SSSR count). The number of terminal acetylenes is 1. The van der Waals surface area contributed by atoms with Crippen LogP contribution in [0.25, 0.3) is 0 Å². The van der Waals surface area contributed by atoms with Gasteiger partial charge in [-0.3, -0.25) is 29.3 Å². The molecule has 61 heavy (non-hydrogen) atoms. The zero-order valence-corrected chi connectivity index (χ0v) is 38.3. The largest absolute Gasteiger partial charge is 0.466 e. The van der Waals surface area contributed by atoms with Gasteiger partial charge in [-0.25, -0.2) is 0 Å². The number of carbonyl (C=O) groups excluding carboxylic acids is 3. The van der Waals surface area contributed by atoms with Crippen LogP contribution in [0.5, 0.6) is 0 Å². The van der Waals surface area contributed by atoms with Gasteiger partial charge in [0.25, 0.3) is 0 Å². The Hall–Kier alpha value is -6.06. The molecule has 0 saturated carbocycles. The summed E-state index contributed by atoms with van der Waals surface area (Å²) in [5, 5.41) is 0. The maximum absolute atomic E-state index is 10.8. The molecular formula is C50H49Br2N3O6. The number of rotatable bonds is 12. The number of carbonyl (C=O) groups is 3. The van der Waals surface area contributed by atoms with E-state index in [-0.39, 0.29) is 17.9 Å². The molecule has 5 aromatic rings. The summed E-state index contributed by atoms with van der Waals surface area (Å²) in [6.07, 6.45) is 15.0. The molecular weight excluding hydrogens is 898 g/mol. The highest BCUT2D eigenvalue weighted by molar-refractivity contribution is 9.11. The summed E-state index contributed by atoms with van der Waals surface area (Å²) in [6, 6.07) is 23.6. The topological polar surface area (TPSA) is 118 Å². The second-order valence-corrected chi connectivity index (χ2v) is 15.3. The van der Waals surface area contributed by atoms with Gasteiger partial charge in [0.1, 0.15) is 0 Å². The minimum absolute atomic E-state index is 0.245. The van der Waals surface area contributed by atoms with Crippen LogP contribution in [0.4, 0.5) is 0 Å². The number of esters is 3. The number of nitrogens with zero attached hydrogens (tertiary/aromatic N) is 3. The fraction of sp³-hybridized carbons (Fsp3) is 0.280. The summed E-state index contributed by atoms with van der Waals surface area (Å²) in [6.45, 7) is 9.55. The van der Waals surface area contributed by atoms with E-state index in [1.54, 1.807) is 18.6 Å². The van der Waals surface area contributed by atoms with Crippen molar-refractivity contribution in [3.05, 3.63) is 156 Å². The Kier molecular flexibility index (Phi) is 22.3. The standard InChI is InChI=1S/C31H30N2O4.C12H13NO2.C7H6Br2/c1-23-20-26(8-9-27-12-16-30(32-21-27)6-4-18-36-24(2)34)10-14-29(23)15-11-28-13-17-31(33-22-28)7-5-19-37-25(3)35;1-3-11-6-7-12(13-9-11)5-4-8-15-10(2)14;1-5-4-6(8)2-3-7(5)9/h10,12-14,16-17,20-22H,4-7,18-19H2,1-3H3;1,6-7,9H,4-5,8H2,2H3;2-4H,1H3. The molecule has 2 aromatic carbocycles. The fourth-order valence-corrected chi connectivity index (χ4v) is 5.85. The lowest BCUT2D eigenvalue weighted by molar-refractivity contribution is -0.142. The van der Waals surface area contributed by atoms with Crippen LogP contribution in [-0.2, 0) is 47.9 Å². The molecule has 0 radical (unpaired) electrons. The summed E-state index contributed by atoms with van der Waals surface area (Å²) in [7, 11) is 0. The van der Waals surface area contributed by atoms with Crippen LogP contribution in [-0.4, -0.2) is 52.7 Å². The molecule has 0 amide bonds. The Bertz CT molecular complexity index is 2370. The third-order valence-electron chi connectivity index (χ3n) is 8.33. The van der Waals surface area contributed by atoms with Crippen molar-refractivity contribution in [1.82, 2.24) is 15.0 Å². The second kappa shape index (κ2) is 27.7. The average molecular weight is 948 g/mol. The van der Waals surface area contributed by atoms with Crippen molar-refractivity contribution in [2.45, 2.75) is 73.1 Å². The SMILES string of the molecule is C#Cc1ccc(CCCOC(C)=O)nc1.CC(=O)OCCCc1ccc(C#Cc2ccc(C#Cc3ccc(CCCOC(C)=O)nc3)c(C)c2)cn1.Cc1cc(Br)ccc1Br. The molecule has 11 heteroatoms. The lowest BCUT2D eigenvalue weighted by atomic mass is 10.0. The van der Waals surface area contributed by atoms with Gasteiger partial charge in [0.2, 0.25) is 0 Å². The van der Waals surface area contributed by atoms with Crippen LogP contribution < -0.4 is 0 Å². The van der Waals surface area contributed by atoms with Crippen LogP contribution >= 0.6 is 31.9 Å². The third-order valence-corrected chi connectivity index (χ3v) is 9.71. The summed E-state index contributed by atoms with van der Waals surface area (Å²) in [5.41, 5.74) is 9.47. The monoisotopic (exact) mass is 945 g/mol. The van der Waals surface area contributed by atoms with E-state index < -0.39 is 0 Å². The van der Waals surface area contributed by atoms with Crippen molar-refractivity contribution in [3.63, 3.8) is 0 Å². The quantitative estimate of drug-likeness (QED) is 0.0522. The summed E-state index contributed by atoms with van der Waals surface area (Å²) < 4.78 is 17.0. The molecule has 3 aromatic heterocycles. The zero-order valence-electron chi connectivity index (χ0n) is 35.1. The van der Waals surface area contributed by atoms with Crippen molar-refractivity contribution >= 4 is 49.8 Å². The van der Waals surface area contributed by atoms with E-state index >= 15 is 0 Å². The van der Waals surface area contributed by atoms with E-state index in [0.717, 1.165) is 97.9 Å². The number of aromatic nitrogens is 3. The highest BCUT2D eigenvalue weighted by atomic mass is 79.9. The van der Waals surface area contributed by atoms with E-state index in [4.69, 9.17) is 20.6 Å². The number of pyridine rings is 3. The van der Waals surface area contributed by atoms with Crippen molar-refractivity contribution in [2.75, 3.05) is 19.8 Å². The molecule has 0 N–H and O–H groups in total. The van der Waals surface area contributed by atoms with Gasteiger partial charge < -0.3 is 14.2 Å². The number of halogens is 2. The van der Waals surface area contributed by atoms with Gasteiger partial charge in [0.15, 0.2) is 0 Å². The van der Waals surface area contributed by atoms with Crippen molar-refractivity contribution < 1.29 is 28.6 Å². The first-order valence-corrected chi connectivity index (χ1v) is 21.2. The van der Waals surface area contributed by atoms with E-state index in [0.29, 0.717) is 19.8 Å². The van der Waals surface area contributed by atoms with Crippen LogP contribution in [0.3, 0.4) is 0 Å². The van der Waals surface area contributed by atoms with Gasteiger partial charge in [0.05, 0.1) is 19.8 Å². The Morgan fingerprint density at radius 3 is 1.34 bits per heavy atom. The van der Waals surface area contributed by atoms with Crippen molar-refractivity contribution in [3.8, 4) is 36.0 Å². The Labute approximate surface area is 376 Å². The minimum atomic E-state index is -0.261. The molecule has 0 aliphatic carbocycles. The molecule has 0 aliphatic rings. The van der Waals surface area contributed by atoms with Gasteiger partial charge in [-0.1, -0.05) is 61.5 Å². The maximum Gasteiger partial charge on any atom is 0.302 e. The van der Waals surface area contributed by atoms with Crippen LogP contribution in [0.1, 0.15) is 96.1 Å². The molecule has 0 aliphatic heterocycles. The molecule has 0 fully saturated rings. The Balaban J connectivity index is 0.000000335. The molecule has 0 atom stereocenters. The van der Waals surface area contributed by atoms with E-state index in [2.05, 4.69) is 89.4 Å². The fourth-order valence-electron chi connectivity index (χ4n) is 5.13. The zero-order chi connectivity index (χ0) is 44.4. The normalized spacial score (nSPS) is 9.74. The van der Waals surface area contributed by atoms with Gasteiger partial charge in [0, 0.05) is 93.2 Å². The first kappa shape index (κ1) is 49.3. The molecule has 3 heterocycles. The van der Waals surface area contributed by atoms with E-state index in [1.807, 2.05) is 73.7 Å². The van der Waals surface area contributed by atoms with Crippen molar-refractivity contribution in [2.24, 2.45) is 0 Å².